The van der Waals surface area contributed by atoms with E-state index < -0.39 is 0 Å². The third-order valence-corrected chi connectivity index (χ3v) is 5.02. The molecule has 0 bridgehead atoms. The maximum atomic E-state index is 11.1. The van der Waals surface area contributed by atoms with Crippen LogP contribution < -0.4 is 10.1 Å². The lowest BCUT2D eigenvalue weighted by Crippen LogP contribution is -2.29. The molecule has 0 saturated heterocycles. The standard InChI is InChI=1S/C19H18N2O3/c1-24-17-10-4-9-16-14-7-3-8-15(14)18(20-19(16)17)12-5-2-6-13(11-12)21(22)23/h2-7,9-11,14-15,18,20H,8H2,1H3/t14-,15+,18+/m0/s1. The van der Waals surface area contributed by atoms with Crippen LogP contribution in [-0.4, -0.2) is 12.0 Å². The van der Waals surface area contributed by atoms with E-state index in [1.165, 1.54) is 11.6 Å². The summed E-state index contributed by atoms with van der Waals surface area (Å²) in [4.78, 5) is 10.8. The normalized spacial score (nSPS) is 24.0. The largest absolute Gasteiger partial charge is 0.495 e. The molecule has 24 heavy (non-hydrogen) atoms. The summed E-state index contributed by atoms with van der Waals surface area (Å²) in [5, 5.41) is 14.7. The van der Waals surface area contributed by atoms with Gasteiger partial charge in [-0.1, -0.05) is 36.4 Å². The van der Waals surface area contributed by atoms with Crippen LogP contribution in [0.1, 0.15) is 29.5 Å². The van der Waals surface area contributed by atoms with Crippen molar-refractivity contribution in [3.63, 3.8) is 0 Å². The molecule has 122 valence electrons. The lowest BCUT2D eigenvalue weighted by Gasteiger charge is -2.38. The van der Waals surface area contributed by atoms with Gasteiger partial charge in [0, 0.05) is 18.1 Å². The molecule has 5 nitrogen and oxygen atoms in total. The highest BCUT2D eigenvalue weighted by atomic mass is 16.6. The van der Waals surface area contributed by atoms with Crippen LogP contribution in [0, 0.1) is 16.0 Å². The maximum Gasteiger partial charge on any atom is 0.269 e. The van der Waals surface area contributed by atoms with Gasteiger partial charge in [-0.25, -0.2) is 0 Å². The van der Waals surface area contributed by atoms with Gasteiger partial charge in [-0.05, 0) is 29.5 Å². The van der Waals surface area contributed by atoms with E-state index >= 15 is 0 Å². The minimum Gasteiger partial charge on any atom is -0.495 e. The van der Waals surface area contributed by atoms with Gasteiger partial charge in [0.2, 0.25) is 0 Å². The zero-order valence-corrected chi connectivity index (χ0v) is 13.3. The highest BCUT2D eigenvalue weighted by molar-refractivity contribution is 5.67. The highest BCUT2D eigenvalue weighted by Gasteiger charge is 2.39. The molecule has 0 radical (unpaired) electrons. The van der Waals surface area contributed by atoms with Crippen molar-refractivity contribution in [3.05, 3.63) is 75.9 Å². The number of hydrogen-bond donors (Lipinski definition) is 1. The molecule has 2 aromatic carbocycles. The second-order valence-corrected chi connectivity index (χ2v) is 6.25. The van der Waals surface area contributed by atoms with Crippen molar-refractivity contribution in [2.24, 2.45) is 5.92 Å². The second kappa shape index (κ2) is 5.67. The summed E-state index contributed by atoms with van der Waals surface area (Å²) in [7, 11) is 1.66. The molecular formula is C19H18N2O3. The third-order valence-electron chi connectivity index (χ3n) is 5.02. The smallest absolute Gasteiger partial charge is 0.269 e. The fraction of sp³-hybridized carbons (Fsp3) is 0.263. The quantitative estimate of drug-likeness (QED) is 0.516. The molecule has 4 rings (SSSR count). The summed E-state index contributed by atoms with van der Waals surface area (Å²) in [6.45, 7) is 0. The van der Waals surface area contributed by atoms with E-state index in [-0.39, 0.29) is 16.7 Å². The Labute approximate surface area is 140 Å². The summed E-state index contributed by atoms with van der Waals surface area (Å²) in [6.07, 6.45) is 5.41. The molecule has 0 spiro atoms. The Balaban J connectivity index is 1.80. The van der Waals surface area contributed by atoms with E-state index in [1.807, 2.05) is 18.2 Å². The monoisotopic (exact) mass is 322 g/mol. The van der Waals surface area contributed by atoms with Crippen LogP contribution in [0.25, 0.3) is 0 Å². The van der Waals surface area contributed by atoms with Gasteiger partial charge in [-0.2, -0.15) is 0 Å². The van der Waals surface area contributed by atoms with E-state index in [0.717, 1.165) is 23.4 Å². The van der Waals surface area contributed by atoms with Crippen LogP contribution in [-0.2, 0) is 0 Å². The zero-order valence-electron chi connectivity index (χ0n) is 13.3. The average molecular weight is 322 g/mol. The van der Waals surface area contributed by atoms with Gasteiger partial charge in [0.15, 0.2) is 0 Å². The highest BCUT2D eigenvalue weighted by Crippen LogP contribution is 2.52. The molecular weight excluding hydrogens is 304 g/mol. The molecule has 0 saturated carbocycles. The Morgan fingerprint density at radius 2 is 2.08 bits per heavy atom. The Morgan fingerprint density at radius 1 is 1.25 bits per heavy atom. The number of benzene rings is 2. The van der Waals surface area contributed by atoms with Gasteiger partial charge >= 0.3 is 0 Å². The number of rotatable bonds is 3. The van der Waals surface area contributed by atoms with Crippen LogP contribution in [0.3, 0.4) is 0 Å². The van der Waals surface area contributed by atoms with Gasteiger partial charge in [0.25, 0.3) is 5.69 Å². The second-order valence-electron chi connectivity index (χ2n) is 6.25. The van der Waals surface area contributed by atoms with Gasteiger partial charge in [0.05, 0.1) is 23.8 Å². The number of nitro groups is 1. The van der Waals surface area contributed by atoms with Crippen molar-refractivity contribution in [2.75, 3.05) is 12.4 Å². The molecule has 1 aliphatic carbocycles. The van der Waals surface area contributed by atoms with Gasteiger partial charge in [-0.15, -0.1) is 0 Å². The molecule has 5 heteroatoms. The Bertz CT molecular complexity index is 831. The van der Waals surface area contributed by atoms with Crippen molar-refractivity contribution in [3.8, 4) is 5.75 Å². The van der Waals surface area contributed by atoms with E-state index in [2.05, 4.69) is 23.5 Å². The Morgan fingerprint density at radius 3 is 2.88 bits per heavy atom. The van der Waals surface area contributed by atoms with Crippen LogP contribution >= 0.6 is 0 Å². The van der Waals surface area contributed by atoms with E-state index in [1.54, 1.807) is 19.2 Å². The first-order valence-electron chi connectivity index (χ1n) is 8.03. The van der Waals surface area contributed by atoms with Crippen molar-refractivity contribution < 1.29 is 9.66 Å². The van der Waals surface area contributed by atoms with E-state index in [4.69, 9.17) is 4.74 Å². The summed E-state index contributed by atoms with van der Waals surface area (Å²) in [5.74, 6) is 1.47. The van der Waals surface area contributed by atoms with Crippen molar-refractivity contribution in [1.82, 2.24) is 0 Å². The molecule has 2 aromatic rings. The molecule has 1 aliphatic heterocycles. The molecule has 0 fully saturated rings. The lowest BCUT2D eigenvalue weighted by atomic mass is 9.77. The van der Waals surface area contributed by atoms with Crippen LogP contribution in [0.4, 0.5) is 11.4 Å². The Kier molecular flexibility index (Phi) is 3.49. The molecule has 0 amide bonds. The lowest BCUT2D eigenvalue weighted by molar-refractivity contribution is -0.384. The van der Waals surface area contributed by atoms with E-state index in [9.17, 15) is 10.1 Å². The first kappa shape index (κ1) is 14.8. The fourth-order valence-corrected chi connectivity index (χ4v) is 3.92. The number of non-ortho nitro benzene ring substituents is 1. The molecule has 3 atom stereocenters. The number of anilines is 1. The first-order chi connectivity index (χ1) is 11.7. The SMILES string of the molecule is COc1cccc2c1N[C@H](c1cccc([N+](=O)[O-])c1)[C@@H]1CC=C[C@H]21. The molecule has 1 N–H and O–H groups in total. The fourth-order valence-electron chi connectivity index (χ4n) is 3.92. The number of hydrogen-bond acceptors (Lipinski definition) is 4. The van der Waals surface area contributed by atoms with Crippen LogP contribution in [0.15, 0.2) is 54.6 Å². The number of methoxy groups -OCH3 is 1. The van der Waals surface area contributed by atoms with Gasteiger partial charge in [-0.3, -0.25) is 10.1 Å². The van der Waals surface area contributed by atoms with Gasteiger partial charge < -0.3 is 10.1 Å². The Hall–Kier alpha value is -2.82. The minimum atomic E-state index is -0.342. The van der Waals surface area contributed by atoms with Crippen molar-refractivity contribution >= 4 is 11.4 Å². The van der Waals surface area contributed by atoms with Crippen molar-refractivity contribution in [1.29, 1.82) is 0 Å². The molecule has 0 unspecified atom stereocenters. The predicted molar refractivity (Wildman–Crippen MR) is 92.4 cm³/mol. The molecule has 1 heterocycles. The number of nitro benzene ring substituents is 1. The van der Waals surface area contributed by atoms with Gasteiger partial charge in [0.1, 0.15) is 5.75 Å². The number of nitrogens with one attached hydrogen (secondary N) is 1. The number of allylic oxidation sites excluding steroid dienone is 2. The average Bonchev–Trinajstić information content (AvgIpc) is 3.10. The number of para-hydroxylation sites is 1. The zero-order chi connectivity index (χ0) is 16.7. The predicted octanol–water partition coefficient (Wildman–Crippen LogP) is 4.43. The maximum absolute atomic E-state index is 11.1. The summed E-state index contributed by atoms with van der Waals surface area (Å²) in [5.41, 5.74) is 3.29. The summed E-state index contributed by atoms with van der Waals surface area (Å²) in [6, 6.07) is 13.0. The molecule has 0 aromatic heterocycles. The van der Waals surface area contributed by atoms with E-state index in [0.29, 0.717) is 11.8 Å². The van der Waals surface area contributed by atoms with Crippen molar-refractivity contribution in [2.45, 2.75) is 18.4 Å². The van der Waals surface area contributed by atoms with Crippen LogP contribution in [0.2, 0.25) is 0 Å². The molecule has 2 aliphatic rings. The van der Waals surface area contributed by atoms with Crippen LogP contribution in [0.5, 0.6) is 5.75 Å². The minimum absolute atomic E-state index is 0.0219. The number of ether oxygens (including phenoxy) is 1. The topological polar surface area (TPSA) is 64.4 Å². The third kappa shape index (κ3) is 2.24. The summed E-state index contributed by atoms with van der Waals surface area (Å²) >= 11 is 0. The first-order valence-corrected chi connectivity index (χ1v) is 8.03. The number of nitrogens with zero attached hydrogens (tertiary/aromatic N) is 1. The summed E-state index contributed by atoms with van der Waals surface area (Å²) < 4.78 is 5.51. The number of fused-ring (bicyclic) bond motifs is 3.